The highest BCUT2D eigenvalue weighted by atomic mass is 15.1. The summed E-state index contributed by atoms with van der Waals surface area (Å²) in [5.41, 5.74) is 1.21. The van der Waals surface area contributed by atoms with Crippen LogP contribution in [0.25, 0.3) is 0 Å². The summed E-state index contributed by atoms with van der Waals surface area (Å²) >= 11 is 0. The highest BCUT2D eigenvalue weighted by molar-refractivity contribution is 5.52. The van der Waals surface area contributed by atoms with Gasteiger partial charge in [-0.1, -0.05) is 6.92 Å². The number of hydrogen-bond donors (Lipinski definition) is 1. The number of pyridine rings is 1. The fourth-order valence-electron chi connectivity index (χ4n) is 1.26. The van der Waals surface area contributed by atoms with E-state index in [1.165, 1.54) is 5.69 Å². The van der Waals surface area contributed by atoms with E-state index >= 15 is 0 Å². The Morgan fingerprint density at radius 3 is 2.92 bits per heavy atom. The van der Waals surface area contributed by atoms with Gasteiger partial charge in [0.1, 0.15) is 5.82 Å². The summed E-state index contributed by atoms with van der Waals surface area (Å²) in [5.74, 6) is 0.917. The predicted molar refractivity (Wildman–Crippen MR) is 57.3 cm³/mol. The van der Waals surface area contributed by atoms with E-state index in [4.69, 9.17) is 0 Å². The molecule has 0 radical (unpaired) electrons. The van der Waals surface area contributed by atoms with E-state index in [-0.39, 0.29) is 0 Å². The first kappa shape index (κ1) is 9.84. The number of hydrogen-bond acceptors (Lipinski definition) is 3. The van der Waals surface area contributed by atoms with Crippen molar-refractivity contribution in [3.05, 3.63) is 18.3 Å². The molecule has 13 heavy (non-hydrogen) atoms. The van der Waals surface area contributed by atoms with Crippen molar-refractivity contribution in [2.75, 3.05) is 30.9 Å². The summed E-state index contributed by atoms with van der Waals surface area (Å²) in [5, 5.41) is 3.03. The van der Waals surface area contributed by atoms with Crippen molar-refractivity contribution in [2.45, 2.75) is 13.3 Å². The molecule has 72 valence electrons. The molecule has 0 bridgehead atoms. The topological polar surface area (TPSA) is 28.2 Å². The molecule has 3 nitrogen and oxygen atoms in total. The summed E-state index contributed by atoms with van der Waals surface area (Å²) in [6.45, 7) is 3.25. The van der Waals surface area contributed by atoms with Crippen LogP contribution in [0.2, 0.25) is 0 Å². The van der Waals surface area contributed by atoms with E-state index in [1.54, 1.807) is 0 Å². The zero-order valence-corrected chi connectivity index (χ0v) is 8.54. The summed E-state index contributed by atoms with van der Waals surface area (Å²) in [7, 11) is 3.98. The molecule has 0 aromatic carbocycles. The van der Waals surface area contributed by atoms with Crippen LogP contribution >= 0.6 is 0 Å². The van der Waals surface area contributed by atoms with E-state index in [0.29, 0.717) is 0 Å². The van der Waals surface area contributed by atoms with E-state index in [1.807, 2.05) is 19.3 Å². The minimum absolute atomic E-state index is 0.917. The molecule has 0 saturated carbocycles. The van der Waals surface area contributed by atoms with Gasteiger partial charge in [-0.3, -0.25) is 0 Å². The van der Waals surface area contributed by atoms with E-state index in [9.17, 15) is 0 Å². The van der Waals surface area contributed by atoms with Crippen LogP contribution in [0.5, 0.6) is 0 Å². The van der Waals surface area contributed by atoms with Crippen molar-refractivity contribution < 1.29 is 0 Å². The lowest BCUT2D eigenvalue weighted by atomic mass is 10.3. The first-order valence-corrected chi connectivity index (χ1v) is 4.63. The molecule has 0 fully saturated rings. The lowest BCUT2D eigenvalue weighted by Gasteiger charge is -2.18. The van der Waals surface area contributed by atoms with Gasteiger partial charge in [0.15, 0.2) is 0 Å². The summed E-state index contributed by atoms with van der Waals surface area (Å²) < 4.78 is 0. The Morgan fingerprint density at radius 2 is 2.31 bits per heavy atom. The lowest BCUT2D eigenvalue weighted by molar-refractivity contribution is 0.851. The quantitative estimate of drug-likeness (QED) is 0.766. The van der Waals surface area contributed by atoms with Crippen molar-refractivity contribution in [2.24, 2.45) is 0 Å². The summed E-state index contributed by atoms with van der Waals surface area (Å²) in [6.07, 6.45) is 2.99. The van der Waals surface area contributed by atoms with Gasteiger partial charge in [-0.15, -0.1) is 0 Å². The average Bonchev–Trinajstić information content (AvgIpc) is 2.18. The van der Waals surface area contributed by atoms with Gasteiger partial charge in [0.2, 0.25) is 0 Å². The molecule has 0 aliphatic heterocycles. The molecule has 1 rings (SSSR count). The number of rotatable bonds is 4. The third-order valence-electron chi connectivity index (χ3n) is 2.00. The highest BCUT2D eigenvalue weighted by Crippen LogP contribution is 2.15. The second-order valence-electron chi connectivity index (χ2n) is 3.07. The van der Waals surface area contributed by atoms with Crippen LogP contribution in [0.3, 0.4) is 0 Å². The molecule has 3 heteroatoms. The third-order valence-corrected chi connectivity index (χ3v) is 2.00. The molecule has 0 amide bonds. The van der Waals surface area contributed by atoms with Crippen molar-refractivity contribution in [3.8, 4) is 0 Å². The average molecular weight is 179 g/mol. The molecule has 1 aromatic heterocycles. The van der Waals surface area contributed by atoms with Crippen LogP contribution in [-0.4, -0.2) is 25.6 Å². The molecule has 0 aliphatic rings. The first-order chi connectivity index (χ1) is 6.27. The normalized spacial score (nSPS) is 9.77. The Balaban J connectivity index is 2.75. The largest absolute Gasteiger partial charge is 0.374 e. The molecule has 1 N–H and O–H groups in total. The lowest BCUT2D eigenvalue weighted by Crippen LogP contribution is -2.17. The molecule has 0 saturated heterocycles. The zero-order chi connectivity index (χ0) is 9.68. The summed E-state index contributed by atoms with van der Waals surface area (Å²) in [6, 6.07) is 4.08. The molecule has 1 heterocycles. The molecule has 0 atom stereocenters. The number of nitrogens with one attached hydrogen (secondary N) is 1. The first-order valence-electron chi connectivity index (χ1n) is 4.63. The van der Waals surface area contributed by atoms with Gasteiger partial charge >= 0.3 is 0 Å². The van der Waals surface area contributed by atoms with Gasteiger partial charge < -0.3 is 10.2 Å². The van der Waals surface area contributed by atoms with Crippen LogP contribution in [0.4, 0.5) is 11.5 Å². The monoisotopic (exact) mass is 179 g/mol. The van der Waals surface area contributed by atoms with Crippen molar-refractivity contribution in [3.63, 3.8) is 0 Å². The fourth-order valence-corrected chi connectivity index (χ4v) is 1.26. The van der Waals surface area contributed by atoms with Crippen molar-refractivity contribution in [1.82, 2.24) is 4.98 Å². The second-order valence-corrected chi connectivity index (χ2v) is 3.07. The molecule has 1 aromatic rings. The van der Waals surface area contributed by atoms with Crippen LogP contribution in [0.1, 0.15) is 13.3 Å². The Labute approximate surface area is 79.8 Å². The zero-order valence-electron chi connectivity index (χ0n) is 8.54. The molecule has 0 spiro atoms. The Morgan fingerprint density at radius 1 is 1.54 bits per heavy atom. The van der Waals surface area contributed by atoms with E-state index in [2.05, 4.69) is 35.2 Å². The fraction of sp³-hybridized carbons (Fsp3) is 0.500. The maximum Gasteiger partial charge on any atom is 0.127 e. The van der Waals surface area contributed by atoms with Gasteiger partial charge in [-0.25, -0.2) is 4.98 Å². The van der Waals surface area contributed by atoms with E-state index in [0.717, 1.165) is 18.8 Å². The van der Waals surface area contributed by atoms with Crippen molar-refractivity contribution >= 4 is 11.5 Å². The van der Waals surface area contributed by atoms with Crippen LogP contribution < -0.4 is 10.2 Å². The molecule has 0 unspecified atom stereocenters. The van der Waals surface area contributed by atoms with Gasteiger partial charge in [0.05, 0.1) is 0 Å². The number of nitrogens with zero attached hydrogens (tertiary/aromatic N) is 2. The van der Waals surface area contributed by atoms with Gasteiger partial charge in [-0.05, 0) is 12.5 Å². The predicted octanol–water partition coefficient (Wildman–Crippen LogP) is 1.97. The van der Waals surface area contributed by atoms with Crippen LogP contribution in [0.15, 0.2) is 18.3 Å². The number of aromatic nitrogens is 1. The SMILES string of the molecule is CCCN(C)c1ccnc(NC)c1. The van der Waals surface area contributed by atoms with Crippen LogP contribution in [-0.2, 0) is 0 Å². The Bertz CT molecular complexity index is 260. The highest BCUT2D eigenvalue weighted by Gasteiger charge is 1.99. The Hall–Kier alpha value is -1.25. The maximum absolute atomic E-state index is 4.16. The smallest absolute Gasteiger partial charge is 0.127 e. The molecular weight excluding hydrogens is 162 g/mol. The van der Waals surface area contributed by atoms with E-state index < -0.39 is 0 Å². The van der Waals surface area contributed by atoms with Gasteiger partial charge in [0.25, 0.3) is 0 Å². The van der Waals surface area contributed by atoms with Crippen molar-refractivity contribution in [1.29, 1.82) is 0 Å². The van der Waals surface area contributed by atoms with Crippen LogP contribution in [0, 0.1) is 0 Å². The summed E-state index contributed by atoms with van der Waals surface area (Å²) in [4.78, 5) is 6.39. The number of anilines is 2. The Kier molecular flexibility index (Phi) is 3.55. The molecular formula is C10H17N3. The molecule has 0 aliphatic carbocycles. The maximum atomic E-state index is 4.16. The minimum Gasteiger partial charge on any atom is -0.374 e. The standard InChI is InChI=1S/C10H17N3/c1-4-7-13(3)9-5-6-12-10(8-9)11-2/h5-6,8H,4,7H2,1-3H3,(H,11,12). The minimum atomic E-state index is 0.917. The second kappa shape index (κ2) is 4.70. The third kappa shape index (κ3) is 2.61. The van der Waals surface area contributed by atoms with Gasteiger partial charge in [0, 0.05) is 38.6 Å². The van der Waals surface area contributed by atoms with Gasteiger partial charge in [-0.2, -0.15) is 0 Å².